The number of anilines is 1. The highest BCUT2D eigenvalue weighted by Crippen LogP contribution is 2.59. The molecule has 1 aliphatic carbocycles. The van der Waals surface area contributed by atoms with Crippen LogP contribution in [0.25, 0.3) is 0 Å². The summed E-state index contributed by atoms with van der Waals surface area (Å²) in [6.07, 6.45) is 13.1. The minimum Gasteiger partial charge on any atom is -0.374 e. The summed E-state index contributed by atoms with van der Waals surface area (Å²) in [6.45, 7) is 12.1. The summed E-state index contributed by atoms with van der Waals surface area (Å²) in [6, 6.07) is 11.2. The molecule has 0 radical (unpaired) electrons. The van der Waals surface area contributed by atoms with Crippen molar-refractivity contribution >= 4 is 12.7 Å². The van der Waals surface area contributed by atoms with Gasteiger partial charge in [-0.25, -0.2) is 0 Å². The van der Waals surface area contributed by atoms with E-state index >= 15 is 0 Å². The number of benzene rings is 1. The van der Waals surface area contributed by atoms with Crippen LogP contribution >= 0.6 is 0 Å². The number of nitrogens with zero attached hydrogens (tertiary/aromatic N) is 1. The van der Waals surface area contributed by atoms with E-state index in [1.165, 1.54) is 69.9 Å². The average Bonchev–Trinajstić information content (AvgIpc) is 2.94. The lowest BCUT2D eigenvalue weighted by Gasteiger charge is -2.42. The van der Waals surface area contributed by atoms with Gasteiger partial charge in [-0.2, -0.15) is 0 Å². The Morgan fingerprint density at radius 3 is 2.14 bits per heavy atom. The van der Waals surface area contributed by atoms with Gasteiger partial charge in [0.15, 0.2) is 0 Å². The molecular formula is C25H41BN2. The normalized spacial score (nSPS) is 19.3. The van der Waals surface area contributed by atoms with E-state index in [1.54, 1.807) is 11.3 Å². The molecule has 0 unspecified atom stereocenters. The molecule has 2 aliphatic rings. The quantitative estimate of drug-likeness (QED) is 0.475. The molecule has 0 saturated heterocycles. The zero-order valence-electron chi connectivity index (χ0n) is 19.0. The number of nitrogens with one attached hydrogen (secondary N) is 1. The molecule has 3 rings (SSSR count). The van der Waals surface area contributed by atoms with Gasteiger partial charge in [0, 0.05) is 22.2 Å². The van der Waals surface area contributed by atoms with Gasteiger partial charge in [0.25, 0.3) is 0 Å². The molecule has 0 aromatic heterocycles. The average molecular weight is 380 g/mol. The lowest BCUT2D eigenvalue weighted by molar-refractivity contribution is 0.440. The van der Waals surface area contributed by atoms with E-state index < -0.39 is 0 Å². The minimum absolute atomic E-state index is 0.0932. The van der Waals surface area contributed by atoms with E-state index in [-0.39, 0.29) is 10.9 Å². The van der Waals surface area contributed by atoms with Crippen molar-refractivity contribution in [2.45, 2.75) is 110 Å². The maximum absolute atomic E-state index is 4.12. The maximum atomic E-state index is 4.12. The maximum Gasteiger partial charge on any atom is 0.355 e. The molecule has 0 atom stereocenters. The number of para-hydroxylation sites is 1. The van der Waals surface area contributed by atoms with Gasteiger partial charge in [-0.15, -0.1) is 0 Å². The molecule has 1 aromatic carbocycles. The molecule has 0 amide bonds. The predicted octanol–water partition coefficient (Wildman–Crippen LogP) is 7.33. The van der Waals surface area contributed by atoms with Crippen LogP contribution in [0.1, 0.15) is 98.8 Å². The minimum atomic E-state index is 0.0932. The number of rotatable bonds is 8. The molecule has 0 bridgehead atoms. The summed E-state index contributed by atoms with van der Waals surface area (Å²) in [5.74, 6) is 0. The number of hydrogen-bond donors (Lipinski definition) is 1. The van der Waals surface area contributed by atoms with Crippen LogP contribution in [0, 0.1) is 0 Å². The molecule has 1 aliphatic heterocycles. The van der Waals surface area contributed by atoms with Crippen LogP contribution in [0.15, 0.2) is 41.6 Å². The van der Waals surface area contributed by atoms with Gasteiger partial charge in [0.1, 0.15) is 0 Å². The fourth-order valence-corrected chi connectivity index (χ4v) is 5.45. The van der Waals surface area contributed by atoms with Crippen molar-refractivity contribution in [1.29, 1.82) is 0 Å². The summed E-state index contributed by atoms with van der Waals surface area (Å²) < 4.78 is 0. The summed E-state index contributed by atoms with van der Waals surface area (Å²) in [7, 11) is 0. The van der Waals surface area contributed by atoms with Gasteiger partial charge >= 0.3 is 6.98 Å². The molecule has 3 heteroatoms. The summed E-state index contributed by atoms with van der Waals surface area (Å²) in [5, 5.41) is 4.40. The van der Waals surface area contributed by atoms with Gasteiger partial charge in [-0.1, -0.05) is 57.7 Å². The molecular weight excluding hydrogens is 339 g/mol. The monoisotopic (exact) mass is 380 g/mol. The summed E-state index contributed by atoms with van der Waals surface area (Å²) in [4.78, 5) is 2.71. The number of unbranched alkanes of at least 4 members (excludes halogenated alkanes) is 2. The van der Waals surface area contributed by atoms with Crippen molar-refractivity contribution in [3.63, 3.8) is 0 Å². The van der Waals surface area contributed by atoms with E-state index in [0.29, 0.717) is 6.98 Å². The van der Waals surface area contributed by atoms with Crippen molar-refractivity contribution in [2.24, 2.45) is 0 Å². The van der Waals surface area contributed by atoms with Crippen LogP contribution in [0.3, 0.4) is 0 Å². The molecule has 2 nitrogen and oxygen atoms in total. The van der Waals surface area contributed by atoms with Gasteiger partial charge in [-0.05, 0) is 77.0 Å². The summed E-state index contributed by atoms with van der Waals surface area (Å²) in [5.41, 5.74) is 4.90. The van der Waals surface area contributed by atoms with Crippen LogP contribution < -0.4 is 10.0 Å². The highest BCUT2D eigenvalue weighted by atomic mass is 15.2. The Balaban J connectivity index is 2.13. The van der Waals surface area contributed by atoms with Crippen LogP contribution in [-0.2, 0) is 0 Å². The SMILES string of the molecule is CCCCC1(CCCC)B(NC(C)(C)C)N(c2ccccc2)C2=C1CCCC2. The van der Waals surface area contributed by atoms with Crippen molar-refractivity contribution in [3.8, 4) is 0 Å². The molecule has 0 saturated carbocycles. The topological polar surface area (TPSA) is 15.3 Å². The first-order valence-electron chi connectivity index (χ1n) is 11.8. The fourth-order valence-electron chi connectivity index (χ4n) is 5.45. The van der Waals surface area contributed by atoms with E-state index in [2.05, 4.69) is 75.0 Å². The Kier molecular flexibility index (Phi) is 6.96. The highest BCUT2D eigenvalue weighted by Gasteiger charge is 2.56. The van der Waals surface area contributed by atoms with E-state index in [0.717, 1.165) is 0 Å². The second-order valence-corrected chi connectivity index (χ2v) is 10.00. The Hall–Kier alpha value is -1.22. The third kappa shape index (κ3) is 4.35. The van der Waals surface area contributed by atoms with Crippen molar-refractivity contribution in [3.05, 3.63) is 41.6 Å². The second kappa shape index (κ2) is 9.07. The Labute approximate surface area is 174 Å². The highest BCUT2D eigenvalue weighted by molar-refractivity contribution is 6.67. The van der Waals surface area contributed by atoms with Gasteiger partial charge in [0.05, 0.1) is 0 Å². The lowest BCUT2D eigenvalue weighted by atomic mass is 9.44. The zero-order chi connectivity index (χ0) is 20.2. The standard InChI is InChI=1S/C25H41BN2/c1-6-8-19-25(20-9-7-2)22-17-13-14-18-23(22)28(21-15-11-10-12-16-21)26(25)27-24(3,4)5/h10-12,15-16,27H,6-9,13-14,17-20H2,1-5H3. The fraction of sp³-hybridized carbons (Fsp3) is 0.680. The third-order valence-electron chi connectivity index (χ3n) is 6.67. The van der Waals surface area contributed by atoms with E-state index in [9.17, 15) is 0 Å². The second-order valence-electron chi connectivity index (χ2n) is 10.00. The first-order valence-corrected chi connectivity index (χ1v) is 11.8. The summed E-state index contributed by atoms with van der Waals surface area (Å²) >= 11 is 0. The van der Waals surface area contributed by atoms with Crippen LogP contribution in [-0.4, -0.2) is 12.5 Å². The molecule has 0 fully saturated rings. The van der Waals surface area contributed by atoms with Crippen LogP contribution in [0.4, 0.5) is 5.69 Å². The van der Waals surface area contributed by atoms with Crippen LogP contribution in [0.2, 0.25) is 5.31 Å². The molecule has 28 heavy (non-hydrogen) atoms. The van der Waals surface area contributed by atoms with E-state index in [1.807, 2.05) is 0 Å². The van der Waals surface area contributed by atoms with Gasteiger partial charge in [-0.3, -0.25) is 0 Å². The van der Waals surface area contributed by atoms with Crippen LogP contribution in [0.5, 0.6) is 0 Å². The largest absolute Gasteiger partial charge is 0.374 e. The van der Waals surface area contributed by atoms with Crippen molar-refractivity contribution < 1.29 is 0 Å². The molecule has 154 valence electrons. The predicted molar refractivity (Wildman–Crippen MR) is 125 cm³/mol. The Bertz CT molecular complexity index is 651. The molecule has 1 N–H and O–H groups in total. The van der Waals surface area contributed by atoms with Gasteiger partial charge < -0.3 is 10.0 Å². The number of allylic oxidation sites excluding steroid dienone is 2. The smallest absolute Gasteiger partial charge is 0.355 e. The third-order valence-corrected chi connectivity index (χ3v) is 6.67. The van der Waals surface area contributed by atoms with E-state index in [4.69, 9.17) is 0 Å². The molecule has 0 spiro atoms. The Morgan fingerprint density at radius 2 is 1.57 bits per heavy atom. The first-order chi connectivity index (χ1) is 13.4. The molecule has 1 heterocycles. The molecule has 1 aromatic rings. The van der Waals surface area contributed by atoms with Crippen molar-refractivity contribution in [1.82, 2.24) is 5.23 Å². The van der Waals surface area contributed by atoms with Crippen molar-refractivity contribution in [2.75, 3.05) is 4.81 Å². The lowest BCUT2D eigenvalue weighted by Crippen LogP contribution is -2.60. The van der Waals surface area contributed by atoms with Gasteiger partial charge in [0.2, 0.25) is 0 Å². The zero-order valence-corrected chi connectivity index (χ0v) is 19.0. The first kappa shape index (κ1) is 21.5. The Morgan fingerprint density at radius 1 is 0.964 bits per heavy atom. The number of hydrogen-bond acceptors (Lipinski definition) is 2.